The minimum atomic E-state index is -0.186. The fourth-order valence-corrected chi connectivity index (χ4v) is 4.04. The van der Waals surface area contributed by atoms with Gasteiger partial charge in [0.1, 0.15) is 5.75 Å². The molecule has 4 rings (SSSR count). The predicted molar refractivity (Wildman–Crippen MR) is 133 cm³/mol. The number of aryl methyl sites for hydroxylation is 1. The van der Waals surface area contributed by atoms with E-state index in [1.54, 1.807) is 25.3 Å². The van der Waals surface area contributed by atoms with Crippen molar-refractivity contribution in [3.05, 3.63) is 77.3 Å². The number of carbonyl (C=O) groups excluding carboxylic acids is 2. The summed E-state index contributed by atoms with van der Waals surface area (Å²) in [5.74, 6) is 0.460. The first-order valence-electron chi connectivity index (χ1n) is 10.6. The van der Waals surface area contributed by atoms with Crippen LogP contribution in [0.4, 0.5) is 11.4 Å². The summed E-state index contributed by atoms with van der Waals surface area (Å²) in [6.45, 7) is 1.43. The van der Waals surface area contributed by atoms with Crippen molar-refractivity contribution in [2.45, 2.75) is 19.8 Å². The Morgan fingerprint density at radius 1 is 1.00 bits per heavy atom. The van der Waals surface area contributed by atoms with E-state index < -0.39 is 0 Å². The van der Waals surface area contributed by atoms with E-state index in [1.165, 1.54) is 6.92 Å². The number of hydrogen-bond donors (Lipinski definition) is 3. The molecule has 2 amide bonds. The average Bonchev–Trinajstić information content (AvgIpc) is 3.18. The molecule has 3 aromatic carbocycles. The number of nitrogens with one attached hydrogen (secondary N) is 3. The lowest BCUT2D eigenvalue weighted by molar-refractivity contribution is -0.116. The van der Waals surface area contributed by atoms with E-state index in [2.05, 4.69) is 21.7 Å². The monoisotopic (exact) mass is 461 g/mol. The number of aromatic nitrogens is 1. The molecule has 0 atom stereocenters. The summed E-state index contributed by atoms with van der Waals surface area (Å²) in [4.78, 5) is 27.4. The molecule has 3 N–H and O–H groups in total. The maximum atomic E-state index is 12.7. The second-order valence-electron chi connectivity index (χ2n) is 7.68. The molecular weight excluding hydrogens is 438 g/mol. The summed E-state index contributed by atoms with van der Waals surface area (Å²) < 4.78 is 5.27. The minimum absolute atomic E-state index is 0.143. The fourth-order valence-electron chi connectivity index (χ4n) is 3.81. The Morgan fingerprint density at radius 2 is 1.76 bits per heavy atom. The van der Waals surface area contributed by atoms with E-state index in [0.29, 0.717) is 22.8 Å². The van der Waals surface area contributed by atoms with Gasteiger partial charge in [0, 0.05) is 35.6 Å². The van der Waals surface area contributed by atoms with E-state index in [4.69, 9.17) is 16.3 Å². The third-order valence-electron chi connectivity index (χ3n) is 5.36. The Hall–Kier alpha value is -3.77. The lowest BCUT2D eigenvalue weighted by Gasteiger charge is -2.10. The van der Waals surface area contributed by atoms with Crippen LogP contribution in [0.1, 0.15) is 18.9 Å². The summed E-state index contributed by atoms with van der Waals surface area (Å²) in [5, 5.41) is 6.99. The highest BCUT2D eigenvalue weighted by Crippen LogP contribution is 2.32. The van der Waals surface area contributed by atoms with Gasteiger partial charge >= 0.3 is 0 Å². The van der Waals surface area contributed by atoms with Gasteiger partial charge in [-0.3, -0.25) is 9.59 Å². The number of ether oxygens (including phenoxy) is 1. The number of anilines is 2. The molecule has 7 heteroatoms. The smallest absolute Gasteiger partial charge is 0.224 e. The van der Waals surface area contributed by atoms with Crippen molar-refractivity contribution in [3.63, 3.8) is 0 Å². The van der Waals surface area contributed by atoms with Crippen LogP contribution in [0.15, 0.2) is 66.7 Å². The fraction of sp³-hybridized carbons (Fsp3) is 0.154. The van der Waals surface area contributed by atoms with Gasteiger partial charge in [-0.1, -0.05) is 29.8 Å². The zero-order valence-corrected chi connectivity index (χ0v) is 19.1. The maximum Gasteiger partial charge on any atom is 0.224 e. The zero-order chi connectivity index (χ0) is 23.4. The van der Waals surface area contributed by atoms with Crippen LogP contribution in [0, 0.1) is 0 Å². The molecule has 0 unspecified atom stereocenters. The standard InChI is InChI=1S/C26H24ClN3O3/c1-16(31)28-18-9-13-24(22(27)15-18)29-25(32)14-12-21-20-5-3-4-6-23(20)30-26(21)17-7-10-19(33-2)11-8-17/h3-11,13,15,30H,12,14H2,1-2H3,(H,28,31)(H,29,32). The van der Waals surface area contributed by atoms with Crippen molar-refractivity contribution in [2.75, 3.05) is 17.7 Å². The van der Waals surface area contributed by atoms with Crippen molar-refractivity contribution >= 4 is 45.7 Å². The average molecular weight is 462 g/mol. The van der Waals surface area contributed by atoms with E-state index in [0.717, 1.165) is 33.5 Å². The summed E-state index contributed by atoms with van der Waals surface area (Å²) in [5.41, 5.74) is 5.20. The number of rotatable bonds is 7. The molecule has 33 heavy (non-hydrogen) atoms. The highest BCUT2D eigenvalue weighted by atomic mass is 35.5. The molecule has 0 saturated carbocycles. The summed E-state index contributed by atoms with van der Waals surface area (Å²) in [7, 11) is 1.64. The van der Waals surface area contributed by atoms with Crippen molar-refractivity contribution in [1.82, 2.24) is 4.98 Å². The lowest BCUT2D eigenvalue weighted by Crippen LogP contribution is -2.13. The number of aromatic amines is 1. The van der Waals surface area contributed by atoms with Gasteiger partial charge in [0.2, 0.25) is 11.8 Å². The predicted octanol–water partition coefficient (Wildman–Crippen LogP) is 6.03. The number of fused-ring (bicyclic) bond motifs is 1. The van der Waals surface area contributed by atoms with E-state index >= 15 is 0 Å². The van der Waals surface area contributed by atoms with Crippen molar-refractivity contribution in [2.24, 2.45) is 0 Å². The van der Waals surface area contributed by atoms with E-state index in [-0.39, 0.29) is 18.2 Å². The second kappa shape index (κ2) is 9.79. The Labute approximate surface area is 196 Å². The number of hydrogen-bond acceptors (Lipinski definition) is 3. The molecule has 4 aromatic rings. The third kappa shape index (κ3) is 5.18. The lowest BCUT2D eigenvalue weighted by atomic mass is 10.0. The van der Waals surface area contributed by atoms with Crippen LogP contribution >= 0.6 is 11.6 Å². The molecule has 1 heterocycles. The van der Waals surface area contributed by atoms with Gasteiger partial charge in [0.05, 0.1) is 17.8 Å². The van der Waals surface area contributed by atoms with Gasteiger partial charge in [0.25, 0.3) is 0 Å². The van der Waals surface area contributed by atoms with Crippen LogP contribution < -0.4 is 15.4 Å². The Kier molecular flexibility index (Phi) is 6.66. The third-order valence-corrected chi connectivity index (χ3v) is 5.67. The largest absolute Gasteiger partial charge is 0.497 e. The van der Waals surface area contributed by atoms with Crippen LogP contribution in [0.25, 0.3) is 22.2 Å². The van der Waals surface area contributed by atoms with Crippen LogP contribution in [0.3, 0.4) is 0 Å². The summed E-state index contributed by atoms with van der Waals surface area (Å²) >= 11 is 6.28. The molecule has 168 valence electrons. The first kappa shape index (κ1) is 22.4. The van der Waals surface area contributed by atoms with Crippen molar-refractivity contribution in [1.29, 1.82) is 0 Å². The van der Waals surface area contributed by atoms with Crippen LogP contribution in [0.2, 0.25) is 5.02 Å². The molecule has 0 saturated heterocycles. The first-order chi connectivity index (χ1) is 15.9. The molecule has 0 aliphatic heterocycles. The molecule has 0 spiro atoms. The molecule has 0 radical (unpaired) electrons. The van der Waals surface area contributed by atoms with Crippen LogP contribution in [0.5, 0.6) is 5.75 Å². The Balaban J connectivity index is 1.53. The van der Waals surface area contributed by atoms with Crippen LogP contribution in [-0.4, -0.2) is 23.9 Å². The Morgan fingerprint density at radius 3 is 2.45 bits per heavy atom. The van der Waals surface area contributed by atoms with E-state index in [1.807, 2.05) is 42.5 Å². The van der Waals surface area contributed by atoms with Crippen molar-refractivity contribution in [3.8, 4) is 17.0 Å². The highest BCUT2D eigenvalue weighted by molar-refractivity contribution is 6.34. The SMILES string of the molecule is COc1ccc(-c2[nH]c3ccccc3c2CCC(=O)Nc2ccc(NC(C)=O)cc2Cl)cc1. The number of para-hydroxylation sites is 1. The molecule has 6 nitrogen and oxygen atoms in total. The number of halogens is 1. The number of amides is 2. The highest BCUT2D eigenvalue weighted by Gasteiger charge is 2.15. The number of methoxy groups -OCH3 is 1. The molecule has 0 aliphatic rings. The summed E-state index contributed by atoms with van der Waals surface area (Å²) in [6.07, 6.45) is 0.841. The van der Waals surface area contributed by atoms with Gasteiger partial charge in [-0.15, -0.1) is 0 Å². The Bertz CT molecular complexity index is 1310. The van der Waals surface area contributed by atoms with Gasteiger partial charge < -0.3 is 20.4 Å². The summed E-state index contributed by atoms with van der Waals surface area (Å²) in [6, 6.07) is 20.9. The van der Waals surface area contributed by atoms with Gasteiger partial charge in [-0.25, -0.2) is 0 Å². The molecule has 0 aliphatic carbocycles. The van der Waals surface area contributed by atoms with Gasteiger partial charge in [-0.2, -0.15) is 0 Å². The molecule has 1 aromatic heterocycles. The van der Waals surface area contributed by atoms with Crippen LogP contribution in [-0.2, 0) is 16.0 Å². The zero-order valence-electron chi connectivity index (χ0n) is 18.4. The van der Waals surface area contributed by atoms with Crippen molar-refractivity contribution < 1.29 is 14.3 Å². The minimum Gasteiger partial charge on any atom is -0.497 e. The molecule has 0 fully saturated rings. The topological polar surface area (TPSA) is 83.2 Å². The maximum absolute atomic E-state index is 12.7. The number of carbonyl (C=O) groups is 2. The number of benzene rings is 3. The van der Waals surface area contributed by atoms with Gasteiger partial charge in [0.15, 0.2) is 0 Å². The molecule has 0 bridgehead atoms. The normalized spacial score (nSPS) is 10.8. The van der Waals surface area contributed by atoms with E-state index in [9.17, 15) is 9.59 Å². The number of H-pyrrole nitrogens is 1. The quantitative estimate of drug-likeness (QED) is 0.314. The second-order valence-corrected chi connectivity index (χ2v) is 8.08. The molecular formula is C26H24ClN3O3. The first-order valence-corrected chi connectivity index (χ1v) is 10.9. The van der Waals surface area contributed by atoms with Gasteiger partial charge in [-0.05, 0) is 66.1 Å².